The number of esters is 1. The molecular formula is C20H28ClNO3. The molecule has 0 radical (unpaired) electrons. The van der Waals surface area contributed by atoms with Crippen LogP contribution in [0.1, 0.15) is 53.4 Å². The van der Waals surface area contributed by atoms with Crippen LogP contribution < -0.4 is 5.32 Å². The summed E-state index contributed by atoms with van der Waals surface area (Å²) >= 11 is 5.90. The van der Waals surface area contributed by atoms with Crippen molar-refractivity contribution in [2.45, 2.75) is 59.5 Å². The average molecular weight is 366 g/mol. The van der Waals surface area contributed by atoms with Gasteiger partial charge in [-0.25, -0.2) is 0 Å². The lowest BCUT2D eigenvalue weighted by Crippen LogP contribution is -2.34. The molecule has 1 aromatic carbocycles. The van der Waals surface area contributed by atoms with Crippen LogP contribution in [0.2, 0.25) is 5.02 Å². The van der Waals surface area contributed by atoms with E-state index >= 15 is 0 Å². The average Bonchev–Trinajstić information content (AvgIpc) is 2.54. The molecule has 2 rings (SSSR count). The van der Waals surface area contributed by atoms with Gasteiger partial charge in [0.1, 0.15) is 0 Å². The molecule has 5 heteroatoms. The zero-order valence-electron chi connectivity index (χ0n) is 15.5. The topological polar surface area (TPSA) is 55.4 Å². The van der Waals surface area contributed by atoms with Gasteiger partial charge < -0.3 is 10.1 Å². The first-order chi connectivity index (χ1) is 11.7. The fraction of sp³-hybridized carbons (Fsp3) is 0.600. The summed E-state index contributed by atoms with van der Waals surface area (Å²) in [7, 11) is 0. The lowest BCUT2D eigenvalue weighted by molar-refractivity contribution is -0.158. The van der Waals surface area contributed by atoms with E-state index in [0.29, 0.717) is 16.6 Å². The summed E-state index contributed by atoms with van der Waals surface area (Å²) in [5, 5.41) is 3.26. The number of hydrogen-bond donors (Lipinski definition) is 1. The largest absolute Gasteiger partial charge is 0.452 e. The van der Waals surface area contributed by atoms with Crippen LogP contribution in [0.15, 0.2) is 24.3 Å². The maximum Gasteiger partial charge on any atom is 0.309 e. The lowest BCUT2D eigenvalue weighted by atomic mass is 9.70. The first kappa shape index (κ1) is 19.8. The van der Waals surface area contributed by atoms with Gasteiger partial charge in [-0.05, 0) is 62.1 Å². The molecule has 0 unspecified atom stereocenters. The molecule has 1 amide bonds. The molecule has 0 saturated heterocycles. The minimum absolute atomic E-state index is 0.0972. The summed E-state index contributed by atoms with van der Waals surface area (Å²) in [6.07, 6.45) is 2.91. The van der Waals surface area contributed by atoms with Gasteiger partial charge in [0.25, 0.3) is 5.91 Å². The Balaban J connectivity index is 1.83. The van der Waals surface area contributed by atoms with Gasteiger partial charge in [-0.3, -0.25) is 9.59 Å². The van der Waals surface area contributed by atoms with E-state index in [1.165, 1.54) is 0 Å². The summed E-state index contributed by atoms with van der Waals surface area (Å²) in [5.74, 6) is -0.0692. The van der Waals surface area contributed by atoms with Crippen LogP contribution in [0.5, 0.6) is 0 Å². The van der Waals surface area contributed by atoms with Gasteiger partial charge in [0, 0.05) is 10.7 Å². The van der Waals surface area contributed by atoms with Crippen molar-refractivity contribution in [1.82, 2.24) is 0 Å². The SMILES string of the molecule is C[C@@H](OC(=O)C1CCC(C(C)(C)C)CC1)C(=O)Nc1cccc(Cl)c1. The fourth-order valence-corrected chi connectivity index (χ4v) is 3.52. The number of halogens is 1. The van der Waals surface area contributed by atoms with Crippen LogP contribution in [0.3, 0.4) is 0 Å². The summed E-state index contributed by atoms with van der Waals surface area (Å²) in [4.78, 5) is 24.5. The monoisotopic (exact) mass is 365 g/mol. The molecule has 0 bridgehead atoms. The van der Waals surface area contributed by atoms with Gasteiger partial charge in [-0.1, -0.05) is 38.4 Å². The van der Waals surface area contributed by atoms with E-state index in [2.05, 4.69) is 26.1 Å². The maximum atomic E-state index is 12.4. The van der Waals surface area contributed by atoms with E-state index in [1.54, 1.807) is 31.2 Å². The summed E-state index contributed by atoms with van der Waals surface area (Å²) < 4.78 is 5.39. The van der Waals surface area contributed by atoms with Crippen LogP contribution >= 0.6 is 11.6 Å². The van der Waals surface area contributed by atoms with Crippen molar-refractivity contribution in [1.29, 1.82) is 0 Å². The van der Waals surface area contributed by atoms with Crippen molar-refractivity contribution >= 4 is 29.2 Å². The number of nitrogens with one attached hydrogen (secondary N) is 1. The van der Waals surface area contributed by atoms with Gasteiger partial charge >= 0.3 is 5.97 Å². The third-order valence-corrected chi connectivity index (χ3v) is 5.27. The molecule has 138 valence electrons. The molecule has 1 fully saturated rings. The number of anilines is 1. The minimum atomic E-state index is -0.827. The Morgan fingerprint density at radius 2 is 1.84 bits per heavy atom. The molecule has 1 saturated carbocycles. The first-order valence-corrected chi connectivity index (χ1v) is 9.31. The van der Waals surface area contributed by atoms with Crippen molar-refractivity contribution < 1.29 is 14.3 Å². The smallest absolute Gasteiger partial charge is 0.309 e. The predicted molar refractivity (Wildman–Crippen MR) is 101 cm³/mol. The highest BCUT2D eigenvalue weighted by Gasteiger charge is 2.34. The second-order valence-corrected chi connectivity index (χ2v) is 8.43. The molecule has 1 aliphatic rings. The molecule has 25 heavy (non-hydrogen) atoms. The Kier molecular flexibility index (Phi) is 6.50. The van der Waals surface area contributed by atoms with Crippen molar-refractivity contribution in [3.63, 3.8) is 0 Å². The summed E-state index contributed by atoms with van der Waals surface area (Å²) in [5.41, 5.74) is 0.866. The van der Waals surface area contributed by atoms with Crippen LogP contribution in [0.4, 0.5) is 5.69 Å². The molecule has 0 aromatic heterocycles. The number of benzene rings is 1. The molecule has 0 heterocycles. The second kappa shape index (κ2) is 8.22. The number of rotatable bonds is 4. The van der Waals surface area contributed by atoms with Crippen molar-refractivity contribution in [2.24, 2.45) is 17.3 Å². The van der Waals surface area contributed by atoms with Crippen LogP contribution in [-0.2, 0) is 14.3 Å². The Bertz CT molecular complexity index is 616. The van der Waals surface area contributed by atoms with Gasteiger partial charge in [-0.2, -0.15) is 0 Å². The Morgan fingerprint density at radius 1 is 1.20 bits per heavy atom. The lowest BCUT2D eigenvalue weighted by Gasteiger charge is -2.36. The number of ether oxygens (including phenoxy) is 1. The minimum Gasteiger partial charge on any atom is -0.452 e. The Labute approximate surface area is 155 Å². The van der Waals surface area contributed by atoms with Crippen molar-refractivity contribution in [3.05, 3.63) is 29.3 Å². The van der Waals surface area contributed by atoms with Crippen molar-refractivity contribution in [3.8, 4) is 0 Å². The normalized spacial score (nSPS) is 22.1. The zero-order valence-corrected chi connectivity index (χ0v) is 16.2. The highest BCUT2D eigenvalue weighted by atomic mass is 35.5. The third-order valence-electron chi connectivity index (χ3n) is 5.04. The van der Waals surface area contributed by atoms with E-state index in [-0.39, 0.29) is 23.2 Å². The highest BCUT2D eigenvalue weighted by Crippen LogP contribution is 2.40. The predicted octanol–water partition coefficient (Wildman–Crippen LogP) is 5.06. The first-order valence-electron chi connectivity index (χ1n) is 8.93. The third kappa shape index (κ3) is 5.74. The number of carbonyl (C=O) groups excluding carboxylic acids is 2. The second-order valence-electron chi connectivity index (χ2n) is 7.99. The molecule has 1 N–H and O–H groups in total. The van der Waals surface area contributed by atoms with Gasteiger partial charge in [0.15, 0.2) is 6.10 Å². The maximum absolute atomic E-state index is 12.4. The van der Waals surface area contributed by atoms with E-state index < -0.39 is 6.10 Å². The van der Waals surface area contributed by atoms with E-state index in [9.17, 15) is 9.59 Å². The highest BCUT2D eigenvalue weighted by molar-refractivity contribution is 6.30. The fourth-order valence-electron chi connectivity index (χ4n) is 3.33. The molecular weight excluding hydrogens is 338 g/mol. The van der Waals surface area contributed by atoms with E-state index in [0.717, 1.165) is 25.7 Å². The van der Waals surface area contributed by atoms with Gasteiger partial charge in [0.05, 0.1) is 5.92 Å². The number of amides is 1. The van der Waals surface area contributed by atoms with Crippen LogP contribution in [0, 0.1) is 17.3 Å². The van der Waals surface area contributed by atoms with Gasteiger partial charge in [-0.15, -0.1) is 0 Å². The summed E-state index contributed by atoms with van der Waals surface area (Å²) in [6.45, 7) is 8.34. The van der Waals surface area contributed by atoms with E-state index in [4.69, 9.17) is 16.3 Å². The molecule has 1 atom stereocenters. The molecule has 1 aromatic rings. The van der Waals surface area contributed by atoms with E-state index in [1.807, 2.05) is 0 Å². The molecule has 0 aliphatic heterocycles. The van der Waals surface area contributed by atoms with Crippen LogP contribution in [-0.4, -0.2) is 18.0 Å². The molecule has 1 aliphatic carbocycles. The zero-order chi connectivity index (χ0) is 18.6. The number of carbonyl (C=O) groups is 2. The Hall–Kier alpha value is -1.55. The summed E-state index contributed by atoms with van der Waals surface area (Å²) in [6, 6.07) is 6.88. The Morgan fingerprint density at radius 3 is 2.40 bits per heavy atom. The number of hydrogen-bond acceptors (Lipinski definition) is 3. The quantitative estimate of drug-likeness (QED) is 0.758. The van der Waals surface area contributed by atoms with Crippen LogP contribution in [0.25, 0.3) is 0 Å². The molecule has 4 nitrogen and oxygen atoms in total. The molecule has 0 spiro atoms. The van der Waals surface area contributed by atoms with Gasteiger partial charge in [0.2, 0.25) is 0 Å². The standard InChI is InChI=1S/C20H28ClNO3/c1-13(18(23)22-17-7-5-6-16(21)12-17)25-19(24)14-8-10-15(11-9-14)20(2,3)4/h5-7,12-15H,8-11H2,1-4H3,(H,22,23)/t13-,14?,15?/m1/s1. The van der Waals surface area contributed by atoms with Crippen molar-refractivity contribution in [2.75, 3.05) is 5.32 Å².